The summed E-state index contributed by atoms with van der Waals surface area (Å²) >= 11 is 7.58. The van der Waals surface area contributed by atoms with Gasteiger partial charge in [0.05, 0.1) is 41.1 Å². The molecule has 158 valence electrons. The molecule has 3 aromatic rings. The van der Waals surface area contributed by atoms with Gasteiger partial charge in [0, 0.05) is 26.2 Å². The fourth-order valence-corrected chi connectivity index (χ4v) is 4.56. The molecular weight excluding hydrogens is 429 g/mol. The van der Waals surface area contributed by atoms with Gasteiger partial charge in [0.2, 0.25) is 0 Å². The first-order valence-electron chi connectivity index (χ1n) is 9.57. The summed E-state index contributed by atoms with van der Waals surface area (Å²) in [5.74, 6) is -0.0618. The lowest BCUT2D eigenvalue weighted by molar-refractivity contribution is 0.0391. The van der Waals surface area contributed by atoms with E-state index in [0.717, 1.165) is 35.1 Å². The standard InChI is InChI=1S/C21H21ClFN3O3S/c1-28-15-3-5-18-19(13-15)30-21(24-18)26(7-6-25-8-10-29-11-9-25)20(27)16-4-2-14(23)12-17(16)22/h2-5,12-13H,6-11H2,1H3. The number of benzene rings is 2. The lowest BCUT2D eigenvalue weighted by Crippen LogP contribution is -2.43. The van der Waals surface area contributed by atoms with E-state index in [1.165, 1.54) is 23.5 Å². The molecule has 9 heteroatoms. The lowest BCUT2D eigenvalue weighted by Gasteiger charge is -2.29. The second kappa shape index (κ2) is 9.26. The normalized spacial score (nSPS) is 14.8. The van der Waals surface area contributed by atoms with Crippen LogP contribution >= 0.6 is 22.9 Å². The van der Waals surface area contributed by atoms with Gasteiger partial charge in [-0.05, 0) is 36.4 Å². The van der Waals surface area contributed by atoms with Crippen molar-refractivity contribution in [3.8, 4) is 5.75 Å². The van der Waals surface area contributed by atoms with Crippen molar-refractivity contribution in [3.05, 3.63) is 52.8 Å². The summed E-state index contributed by atoms with van der Waals surface area (Å²) < 4.78 is 25.1. The van der Waals surface area contributed by atoms with E-state index in [-0.39, 0.29) is 16.5 Å². The number of aromatic nitrogens is 1. The van der Waals surface area contributed by atoms with E-state index in [4.69, 9.17) is 21.1 Å². The third-order valence-corrected chi connectivity index (χ3v) is 6.32. The number of fused-ring (bicyclic) bond motifs is 1. The minimum Gasteiger partial charge on any atom is -0.497 e. The Kier molecular flexibility index (Phi) is 6.48. The summed E-state index contributed by atoms with van der Waals surface area (Å²) in [6, 6.07) is 9.40. The van der Waals surface area contributed by atoms with Gasteiger partial charge in [0.25, 0.3) is 5.91 Å². The van der Waals surface area contributed by atoms with Gasteiger partial charge < -0.3 is 9.47 Å². The van der Waals surface area contributed by atoms with Crippen molar-refractivity contribution in [3.63, 3.8) is 0 Å². The second-order valence-corrected chi connectivity index (χ2v) is 8.28. The maximum absolute atomic E-state index is 13.5. The molecule has 1 fully saturated rings. The first-order chi connectivity index (χ1) is 14.5. The van der Waals surface area contributed by atoms with Crippen molar-refractivity contribution in [1.82, 2.24) is 9.88 Å². The molecule has 4 rings (SSSR count). The number of hydrogen-bond acceptors (Lipinski definition) is 6. The molecule has 2 heterocycles. The van der Waals surface area contributed by atoms with Crippen LogP contribution in [0.25, 0.3) is 10.2 Å². The van der Waals surface area contributed by atoms with Gasteiger partial charge >= 0.3 is 0 Å². The largest absolute Gasteiger partial charge is 0.497 e. The lowest BCUT2D eigenvalue weighted by atomic mass is 10.2. The van der Waals surface area contributed by atoms with Crippen LogP contribution in [0.2, 0.25) is 5.02 Å². The van der Waals surface area contributed by atoms with Crippen LogP contribution in [0.3, 0.4) is 0 Å². The smallest absolute Gasteiger partial charge is 0.261 e. The number of anilines is 1. The van der Waals surface area contributed by atoms with E-state index in [0.29, 0.717) is 31.4 Å². The minimum atomic E-state index is -0.483. The predicted octanol–water partition coefficient (Wildman–Crippen LogP) is 4.08. The first-order valence-corrected chi connectivity index (χ1v) is 10.8. The van der Waals surface area contributed by atoms with Crippen LogP contribution in [-0.2, 0) is 4.74 Å². The quantitative estimate of drug-likeness (QED) is 0.567. The Balaban J connectivity index is 1.66. The number of nitrogens with zero attached hydrogens (tertiary/aromatic N) is 3. The van der Waals surface area contributed by atoms with Crippen LogP contribution in [0.1, 0.15) is 10.4 Å². The molecule has 0 aliphatic carbocycles. The molecule has 6 nitrogen and oxygen atoms in total. The Morgan fingerprint density at radius 2 is 2.10 bits per heavy atom. The van der Waals surface area contributed by atoms with Gasteiger partial charge in [-0.25, -0.2) is 9.37 Å². The van der Waals surface area contributed by atoms with Crippen molar-refractivity contribution in [2.75, 3.05) is 51.4 Å². The molecule has 0 atom stereocenters. The van der Waals surface area contributed by atoms with E-state index in [1.807, 2.05) is 18.2 Å². The van der Waals surface area contributed by atoms with E-state index in [1.54, 1.807) is 12.0 Å². The minimum absolute atomic E-state index is 0.0825. The number of rotatable bonds is 6. The number of carbonyl (C=O) groups excluding carboxylic acids is 1. The topological polar surface area (TPSA) is 54.9 Å². The third-order valence-electron chi connectivity index (χ3n) is 4.97. The summed E-state index contributed by atoms with van der Waals surface area (Å²) in [5, 5.41) is 0.649. The molecule has 0 N–H and O–H groups in total. The van der Waals surface area contributed by atoms with Gasteiger partial charge in [0.15, 0.2) is 5.13 Å². The van der Waals surface area contributed by atoms with Crippen molar-refractivity contribution in [2.24, 2.45) is 0 Å². The number of ether oxygens (including phenoxy) is 2. The van der Waals surface area contributed by atoms with Crippen molar-refractivity contribution in [2.45, 2.75) is 0 Å². The molecule has 1 amide bonds. The highest BCUT2D eigenvalue weighted by Crippen LogP contribution is 2.33. The monoisotopic (exact) mass is 449 g/mol. The zero-order chi connectivity index (χ0) is 21.1. The number of hydrogen-bond donors (Lipinski definition) is 0. The number of halogens is 2. The Bertz CT molecular complexity index is 1060. The summed E-state index contributed by atoms with van der Waals surface area (Å²) in [6.07, 6.45) is 0. The Morgan fingerprint density at radius 1 is 1.30 bits per heavy atom. The number of methoxy groups -OCH3 is 1. The third kappa shape index (κ3) is 4.57. The zero-order valence-electron chi connectivity index (χ0n) is 16.4. The summed E-state index contributed by atoms with van der Waals surface area (Å²) in [7, 11) is 1.61. The van der Waals surface area contributed by atoms with Crippen LogP contribution < -0.4 is 9.64 Å². The molecule has 0 unspecified atom stereocenters. The Morgan fingerprint density at radius 3 is 2.83 bits per heavy atom. The fourth-order valence-electron chi connectivity index (χ4n) is 3.29. The predicted molar refractivity (Wildman–Crippen MR) is 117 cm³/mol. The number of morpholine rings is 1. The molecule has 0 spiro atoms. The SMILES string of the molecule is COc1ccc2nc(N(CCN3CCOCC3)C(=O)c3ccc(F)cc3Cl)sc2c1. The maximum atomic E-state index is 13.5. The number of amides is 1. The van der Waals surface area contributed by atoms with Crippen molar-refractivity contribution in [1.29, 1.82) is 0 Å². The van der Waals surface area contributed by atoms with Crippen molar-refractivity contribution < 1.29 is 18.7 Å². The van der Waals surface area contributed by atoms with Crippen LogP contribution in [0.4, 0.5) is 9.52 Å². The number of thiazole rings is 1. The van der Waals surface area contributed by atoms with Gasteiger partial charge in [-0.15, -0.1) is 0 Å². The highest BCUT2D eigenvalue weighted by Gasteiger charge is 2.24. The van der Waals surface area contributed by atoms with Crippen LogP contribution in [0.15, 0.2) is 36.4 Å². The van der Waals surface area contributed by atoms with Crippen molar-refractivity contribution >= 4 is 44.2 Å². The van der Waals surface area contributed by atoms with Gasteiger partial charge in [-0.2, -0.15) is 0 Å². The fraction of sp³-hybridized carbons (Fsp3) is 0.333. The highest BCUT2D eigenvalue weighted by molar-refractivity contribution is 7.22. The molecule has 1 saturated heterocycles. The Labute approximate surface area is 182 Å². The van der Waals surface area contributed by atoms with Crippen LogP contribution in [0, 0.1) is 5.82 Å². The Hall–Kier alpha value is -2.26. The molecule has 2 aromatic carbocycles. The van der Waals surface area contributed by atoms with E-state index in [9.17, 15) is 9.18 Å². The average molecular weight is 450 g/mol. The number of carbonyl (C=O) groups is 1. The zero-order valence-corrected chi connectivity index (χ0v) is 18.0. The van der Waals surface area contributed by atoms with Gasteiger partial charge in [0.1, 0.15) is 11.6 Å². The van der Waals surface area contributed by atoms with Gasteiger partial charge in [-0.1, -0.05) is 22.9 Å². The maximum Gasteiger partial charge on any atom is 0.261 e. The van der Waals surface area contributed by atoms with E-state index in [2.05, 4.69) is 9.88 Å². The molecule has 0 saturated carbocycles. The summed E-state index contributed by atoms with van der Waals surface area (Å²) in [4.78, 5) is 21.9. The van der Waals surface area contributed by atoms with E-state index < -0.39 is 5.82 Å². The molecule has 0 radical (unpaired) electrons. The van der Waals surface area contributed by atoms with Crippen LogP contribution in [0.5, 0.6) is 5.75 Å². The second-order valence-electron chi connectivity index (χ2n) is 6.87. The molecule has 1 aliphatic rings. The average Bonchev–Trinajstić information content (AvgIpc) is 3.17. The molecular formula is C21H21ClFN3O3S. The van der Waals surface area contributed by atoms with Crippen LogP contribution in [-0.4, -0.2) is 62.3 Å². The summed E-state index contributed by atoms with van der Waals surface area (Å²) in [5.41, 5.74) is 1.03. The molecule has 30 heavy (non-hydrogen) atoms. The summed E-state index contributed by atoms with van der Waals surface area (Å²) in [6.45, 7) is 4.10. The highest BCUT2D eigenvalue weighted by atomic mass is 35.5. The van der Waals surface area contributed by atoms with E-state index >= 15 is 0 Å². The molecule has 0 bridgehead atoms. The van der Waals surface area contributed by atoms with Gasteiger partial charge in [-0.3, -0.25) is 14.6 Å². The molecule has 1 aromatic heterocycles. The first kappa shape index (κ1) is 21.0. The molecule has 1 aliphatic heterocycles.